The third-order valence-corrected chi connectivity index (χ3v) is 7.08. The molecule has 18 heteroatoms. The van der Waals surface area contributed by atoms with Crippen LogP contribution in [0.15, 0.2) is 83.8 Å². The van der Waals surface area contributed by atoms with Crippen LogP contribution in [0.4, 0.5) is 13.2 Å². The van der Waals surface area contributed by atoms with Crippen molar-refractivity contribution in [3.05, 3.63) is 132 Å². The van der Waals surface area contributed by atoms with E-state index < -0.39 is 57.4 Å². The lowest BCUT2D eigenvalue weighted by atomic mass is 10.2. The summed E-state index contributed by atoms with van der Waals surface area (Å²) in [4.78, 5) is 37.8. The maximum Gasteiger partial charge on any atom is 0.178 e. The highest BCUT2D eigenvalue weighted by molar-refractivity contribution is 5.82. The van der Waals surface area contributed by atoms with E-state index in [9.17, 15) is 44.6 Å². The molecule has 0 atom stereocenters. The van der Waals surface area contributed by atoms with Crippen LogP contribution >= 0.6 is 0 Å². The predicted octanol–water partition coefficient (Wildman–Crippen LogP) is 0.173. The van der Waals surface area contributed by atoms with Crippen LogP contribution in [0.5, 0.6) is 5.75 Å². The first-order chi connectivity index (χ1) is 24.1. The highest BCUT2D eigenvalue weighted by Gasteiger charge is 2.25. The molecular weight excluding hydrogens is 653 g/mol. The van der Waals surface area contributed by atoms with Gasteiger partial charge in [0.25, 0.3) is 0 Å². The second kappa shape index (κ2) is 11.5. The van der Waals surface area contributed by atoms with Crippen LogP contribution in [0.3, 0.4) is 0 Å². The highest BCUT2D eigenvalue weighted by atomic mass is 19.1. The van der Waals surface area contributed by atoms with Crippen LogP contribution in [-0.2, 0) is 0 Å². The Hall–Kier alpha value is -8.27. The summed E-state index contributed by atoms with van der Waals surface area (Å²) < 4.78 is 42.7. The summed E-state index contributed by atoms with van der Waals surface area (Å²) >= 11 is 0. The van der Waals surface area contributed by atoms with E-state index in [1.165, 1.54) is 0 Å². The molecule has 1 N–H and O–H groups in total. The summed E-state index contributed by atoms with van der Waals surface area (Å²) in [6, 6.07) is 14.9. The number of nitrogens with zero attached hydrogens (tertiary/aromatic N) is 14. The molecule has 4 heterocycles. The summed E-state index contributed by atoms with van der Waals surface area (Å²) in [5.41, 5.74) is -1.96. The number of benzene rings is 3. The van der Waals surface area contributed by atoms with Gasteiger partial charge in [-0.05, 0) is 12.1 Å². The predicted molar refractivity (Wildman–Crippen MR) is 155 cm³/mol. The standard InChI is InChI=1S/C32H7F3N14O/c33-17-3-22-20(1-12(17)7-36)41-27(43-22)14(9-38)30-47-31(15(10-39)28-42-21-2-13(8-37)18(34)4-23(21)44-28)49-32(48-30)16(11-40)29-45-24-5-19(35)26(50)6-25(24)46-29/h1-6,50H/b27-14+,28-15+,29-16-. The van der Waals surface area contributed by atoms with Gasteiger partial charge in [-0.25, -0.2) is 58.1 Å². The first-order valence-corrected chi connectivity index (χ1v) is 13.6. The van der Waals surface area contributed by atoms with Gasteiger partial charge in [-0.3, -0.25) is 0 Å². The van der Waals surface area contributed by atoms with E-state index in [0.717, 1.165) is 36.4 Å². The molecule has 15 nitrogen and oxygen atoms in total. The molecule has 0 aliphatic carbocycles. The lowest BCUT2D eigenvalue weighted by molar-refractivity contribution is 0.431. The Bertz CT molecular complexity index is 2850. The maximum atomic E-state index is 14.3. The zero-order valence-corrected chi connectivity index (χ0v) is 24.3. The van der Waals surface area contributed by atoms with Crippen molar-refractivity contribution in [3.63, 3.8) is 0 Å². The van der Waals surface area contributed by atoms with Crippen molar-refractivity contribution in [2.45, 2.75) is 0 Å². The summed E-state index contributed by atoms with van der Waals surface area (Å²) in [5, 5.41) is 58.9. The number of aromatic hydroxyl groups is 1. The molecule has 7 rings (SSSR count). The zero-order valence-electron chi connectivity index (χ0n) is 24.3. The van der Waals surface area contributed by atoms with E-state index in [4.69, 9.17) is 0 Å². The third-order valence-electron chi connectivity index (χ3n) is 7.08. The van der Waals surface area contributed by atoms with Crippen molar-refractivity contribution in [2.75, 3.05) is 0 Å². The van der Waals surface area contributed by atoms with Gasteiger partial charge in [-0.15, -0.1) is 0 Å². The van der Waals surface area contributed by atoms with Crippen molar-refractivity contribution in [2.24, 2.45) is 30.0 Å². The molecule has 3 aromatic carbocycles. The average molecular weight is 660 g/mol. The van der Waals surface area contributed by atoms with Crippen LogP contribution in [0.1, 0.15) is 28.6 Å². The number of rotatable bonds is 3. The van der Waals surface area contributed by atoms with E-state index in [1.807, 2.05) is 18.2 Å². The molecule has 0 bridgehead atoms. The summed E-state index contributed by atoms with van der Waals surface area (Å²) in [6.07, 6.45) is 0. The number of hydrogen-bond donors (Lipinski definition) is 1. The number of allylic oxidation sites excluding steroid dienone is 3. The zero-order chi connectivity index (χ0) is 35.3. The first kappa shape index (κ1) is 30.4. The van der Waals surface area contributed by atoms with Crippen LogP contribution in [0.25, 0.3) is 16.7 Å². The molecule has 3 aliphatic rings. The average Bonchev–Trinajstić information content (AvgIpc) is 3.81. The van der Waals surface area contributed by atoms with Gasteiger partial charge >= 0.3 is 0 Å². The molecule has 0 radical (unpaired) electrons. The molecule has 0 spiro atoms. The van der Waals surface area contributed by atoms with Crippen molar-refractivity contribution in [3.8, 4) is 36.1 Å². The van der Waals surface area contributed by atoms with E-state index in [0.29, 0.717) is 0 Å². The van der Waals surface area contributed by atoms with Gasteiger partial charge in [0.2, 0.25) is 0 Å². The van der Waals surface area contributed by atoms with Gasteiger partial charge in [-0.2, -0.15) is 26.3 Å². The van der Waals surface area contributed by atoms with Crippen molar-refractivity contribution in [1.82, 2.24) is 15.0 Å². The minimum atomic E-state index is -0.999. The lowest BCUT2D eigenvalue weighted by Gasteiger charge is -2.07. The van der Waals surface area contributed by atoms with E-state index in [1.54, 1.807) is 12.1 Å². The maximum absolute atomic E-state index is 14.3. The molecule has 0 amide bonds. The molecule has 0 saturated carbocycles. The quantitative estimate of drug-likeness (QED) is 0.294. The third kappa shape index (κ3) is 4.95. The van der Waals surface area contributed by atoms with Gasteiger partial charge < -0.3 is 5.11 Å². The van der Waals surface area contributed by atoms with Crippen LogP contribution in [0, 0.1) is 74.1 Å². The van der Waals surface area contributed by atoms with Gasteiger partial charge in [0.05, 0.1) is 43.3 Å². The fraction of sp³-hybridized carbons (Fsp3) is 0. The van der Waals surface area contributed by atoms with Crippen LogP contribution < -0.4 is 32.1 Å². The van der Waals surface area contributed by atoms with Crippen LogP contribution in [0.2, 0.25) is 0 Å². The Balaban J connectivity index is 1.50. The van der Waals surface area contributed by atoms with Crippen molar-refractivity contribution < 1.29 is 18.3 Å². The lowest BCUT2D eigenvalue weighted by Crippen LogP contribution is -2.22. The Kier molecular flexibility index (Phi) is 7.00. The molecule has 1 aromatic heterocycles. The molecule has 4 aromatic rings. The van der Waals surface area contributed by atoms with E-state index in [2.05, 4.69) is 44.9 Å². The molecule has 232 valence electrons. The second-order valence-corrected chi connectivity index (χ2v) is 10.1. The summed E-state index contributed by atoms with van der Waals surface area (Å²) in [6.45, 7) is 0. The molecule has 0 saturated heterocycles. The van der Waals surface area contributed by atoms with Crippen LogP contribution in [-0.4, -0.2) is 20.1 Å². The topological polar surface area (TPSA) is 252 Å². The largest absolute Gasteiger partial charge is 0.505 e. The number of halogens is 3. The van der Waals surface area contributed by atoms with Gasteiger partial charge in [-0.1, -0.05) is 0 Å². The minimum Gasteiger partial charge on any atom is -0.505 e. The van der Waals surface area contributed by atoms with Crippen molar-refractivity contribution >= 4 is 16.7 Å². The normalized spacial score (nSPS) is 16.0. The minimum absolute atomic E-state index is 0.0106. The fourth-order valence-electron chi connectivity index (χ4n) is 4.76. The van der Waals surface area contributed by atoms with E-state index >= 15 is 0 Å². The number of phenols is 1. The monoisotopic (exact) mass is 660 g/mol. The first-order valence-electron chi connectivity index (χ1n) is 13.6. The SMILES string of the molecule is N#C/C(=C1/N=c2cc(O)c(F)cc2=N1)c1nc(/C(C#N)=C2/N=c3cc(F)c(C#N)cc3=N2)nc(/C(C#N)=C2/N=c3cc(F)c(C#N)cc3=N2)n1. The Morgan fingerprint density at radius 1 is 0.460 bits per heavy atom. The molecule has 3 aliphatic heterocycles. The van der Waals surface area contributed by atoms with Gasteiger partial charge in [0.15, 0.2) is 46.5 Å². The number of aromatic nitrogens is 3. The molecule has 50 heavy (non-hydrogen) atoms. The number of fused-ring (bicyclic) bond motifs is 3. The number of hydrogen-bond acceptors (Lipinski definition) is 15. The Labute approximate surface area is 274 Å². The van der Waals surface area contributed by atoms with Gasteiger partial charge in [0, 0.05) is 24.3 Å². The smallest absolute Gasteiger partial charge is 0.178 e. The second-order valence-electron chi connectivity index (χ2n) is 10.1. The summed E-state index contributed by atoms with van der Waals surface area (Å²) in [7, 11) is 0. The van der Waals surface area contributed by atoms with Crippen molar-refractivity contribution in [1.29, 1.82) is 26.3 Å². The Morgan fingerprint density at radius 2 is 0.760 bits per heavy atom. The van der Waals surface area contributed by atoms with Gasteiger partial charge in [0.1, 0.15) is 58.7 Å². The molecular formula is C32H7F3N14O. The van der Waals surface area contributed by atoms with E-state index in [-0.39, 0.29) is 60.7 Å². The Morgan fingerprint density at radius 3 is 1.08 bits per heavy atom. The number of phenolic OH excluding ortho intramolecular Hbond substituents is 1. The number of nitriles is 5. The molecule has 0 fully saturated rings. The fourth-order valence-corrected chi connectivity index (χ4v) is 4.76. The summed E-state index contributed by atoms with van der Waals surface area (Å²) in [5.74, 6) is -5.89. The highest BCUT2D eigenvalue weighted by Crippen LogP contribution is 2.26. The molecule has 0 unspecified atom stereocenters.